The third-order valence-corrected chi connectivity index (χ3v) is 2.87. The van der Waals surface area contributed by atoms with Gasteiger partial charge < -0.3 is 14.5 Å². The van der Waals surface area contributed by atoms with Crippen molar-refractivity contribution in [1.82, 2.24) is 0 Å². The first-order valence-electron chi connectivity index (χ1n) is 5.27. The third kappa shape index (κ3) is 2.04. The van der Waals surface area contributed by atoms with E-state index < -0.39 is 0 Å². The van der Waals surface area contributed by atoms with E-state index in [4.69, 9.17) is 9.15 Å². The number of anilines is 1. The Hall–Kier alpha value is -2.01. The van der Waals surface area contributed by atoms with Crippen LogP contribution in [-0.4, -0.2) is 5.91 Å². The number of hydrogen-bond donors (Lipinski definition) is 1. The molecule has 3 rings (SSSR count). The predicted octanol–water partition coefficient (Wildman–Crippen LogP) is 3.41. The van der Waals surface area contributed by atoms with Gasteiger partial charge in [0.15, 0.2) is 16.2 Å². The van der Waals surface area contributed by atoms with Crippen LogP contribution in [0.25, 0.3) is 6.08 Å². The van der Waals surface area contributed by atoms with Crippen LogP contribution in [-0.2, 0) is 4.79 Å². The maximum absolute atomic E-state index is 11.8. The molecule has 0 fully saturated rings. The molecule has 18 heavy (non-hydrogen) atoms. The molecule has 0 saturated carbocycles. The Bertz CT molecular complexity index is 645. The van der Waals surface area contributed by atoms with Crippen molar-refractivity contribution < 1.29 is 13.9 Å². The molecule has 1 aliphatic rings. The van der Waals surface area contributed by atoms with Gasteiger partial charge in [0.05, 0.1) is 5.69 Å². The van der Waals surface area contributed by atoms with Crippen LogP contribution in [0.3, 0.4) is 0 Å². The Morgan fingerprint density at radius 2 is 2.00 bits per heavy atom. The molecule has 0 saturated heterocycles. The number of benzene rings is 1. The van der Waals surface area contributed by atoms with E-state index in [1.807, 2.05) is 12.1 Å². The van der Waals surface area contributed by atoms with E-state index in [0.717, 1.165) is 0 Å². The van der Waals surface area contributed by atoms with Gasteiger partial charge in [-0.25, -0.2) is 0 Å². The van der Waals surface area contributed by atoms with Gasteiger partial charge in [0, 0.05) is 6.08 Å². The number of fused-ring (bicyclic) bond motifs is 1. The molecule has 90 valence electrons. The van der Waals surface area contributed by atoms with Crippen LogP contribution in [0.2, 0.25) is 0 Å². The molecule has 1 aliphatic heterocycles. The smallest absolute Gasteiger partial charge is 0.291 e. The number of rotatable bonds is 1. The molecular formula is C13H8BrNO3. The van der Waals surface area contributed by atoms with E-state index >= 15 is 0 Å². The number of amides is 1. The zero-order valence-corrected chi connectivity index (χ0v) is 10.7. The van der Waals surface area contributed by atoms with Crippen molar-refractivity contribution in [3.63, 3.8) is 0 Å². The number of hydrogen-bond acceptors (Lipinski definition) is 3. The minimum Gasteiger partial charge on any atom is -0.450 e. The topological polar surface area (TPSA) is 51.5 Å². The maximum Gasteiger partial charge on any atom is 0.291 e. The van der Waals surface area contributed by atoms with Gasteiger partial charge in [-0.05, 0) is 40.2 Å². The Labute approximate surface area is 111 Å². The van der Waals surface area contributed by atoms with Crippen LogP contribution >= 0.6 is 15.9 Å². The maximum atomic E-state index is 11.8. The lowest BCUT2D eigenvalue weighted by molar-refractivity contribution is -0.115. The molecule has 0 unspecified atom stereocenters. The lowest BCUT2D eigenvalue weighted by Gasteiger charge is -2.19. The monoisotopic (exact) mass is 305 g/mol. The van der Waals surface area contributed by atoms with Crippen molar-refractivity contribution in [3.8, 4) is 5.75 Å². The molecule has 1 N–H and O–H groups in total. The lowest BCUT2D eigenvalue weighted by atomic mass is 10.2. The van der Waals surface area contributed by atoms with Crippen molar-refractivity contribution in [2.45, 2.75) is 0 Å². The Kier molecular flexibility index (Phi) is 2.68. The number of nitrogens with one attached hydrogen (secondary N) is 1. The molecule has 0 aliphatic carbocycles. The summed E-state index contributed by atoms with van der Waals surface area (Å²) < 4.78 is 11.4. The summed E-state index contributed by atoms with van der Waals surface area (Å²) in [5.41, 5.74) is 0.667. The number of para-hydroxylation sites is 2. The molecule has 1 aromatic carbocycles. The van der Waals surface area contributed by atoms with Gasteiger partial charge in [-0.15, -0.1) is 0 Å². The van der Waals surface area contributed by atoms with E-state index in [9.17, 15) is 4.79 Å². The summed E-state index contributed by atoms with van der Waals surface area (Å²) in [6.07, 6.45) is 1.55. The van der Waals surface area contributed by atoms with Crippen LogP contribution in [0.15, 0.2) is 51.2 Å². The Balaban J connectivity index is 1.96. The lowest BCUT2D eigenvalue weighted by Crippen LogP contribution is -2.23. The number of ether oxygens (including phenoxy) is 1. The first-order chi connectivity index (χ1) is 8.72. The quantitative estimate of drug-likeness (QED) is 0.821. The molecule has 0 atom stereocenters. The predicted molar refractivity (Wildman–Crippen MR) is 70.1 cm³/mol. The van der Waals surface area contributed by atoms with Crippen molar-refractivity contribution in [1.29, 1.82) is 0 Å². The van der Waals surface area contributed by atoms with Crippen LogP contribution in [0, 0.1) is 0 Å². The zero-order chi connectivity index (χ0) is 12.5. The Morgan fingerprint density at radius 3 is 2.78 bits per heavy atom. The highest BCUT2D eigenvalue weighted by molar-refractivity contribution is 9.10. The first kappa shape index (κ1) is 11.1. The van der Waals surface area contributed by atoms with Crippen molar-refractivity contribution in [3.05, 3.63) is 52.6 Å². The van der Waals surface area contributed by atoms with Gasteiger partial charge in [-0.2, -0.15) is 0 Å². The molecule has 1 aromatic heterocycles. The van der Waals surface area contributed by atoms with E-state index in [1.54, 1.807) is 30.3 Å². The average molecular weight is 306 g/mol. The second-order valence-corrected chi connectivity index (χ2v) is 4.48. The Morgan fingerprint density at radius 1 is 1.17 bits per heavy atom. The van der Waals surface area contributed by atoms with Crippen molar-refractivity contribution in [2.24, 2.45) is 0 Å². The normalized spacial score (nSPS) is 16.1. The average Bonchev–Trinajstić information content (AvgIpc) is 2.76. The third-order valence-electron chi connectivity index (χ3n) is 2.45. The number of carbonyl (C=O) groups excluding carboxylic acids is 1. The van der Waals surface area contributed by atoms with Crippen molar-refractivity contribution in [2.75, 3.05) is 5.32 Å². The summed E-state index contributed by atoms with van der Waals surface area (Å²) in [6, 6.07) is 10.8. The van der Waals surface area contributed by atoms with Gasteiger partial charge in [-0.1, -0.05) is 12.1 Å². The largest absolute Gasteiger partial charge is 0.450 e. The summed E-state index contributed by atoms with van der Waals surface area (Å²) in [4.78, 5) is 11.8. The summed E-state index contributed by atoms with van der Waals surface area (Å²) >= 11 is 3.20. The molecule has 5 heteroatoms. The fraction of sp³-hybridized carbons (Fsp3) is 0. The van der Waals surface area contributed by atoms with Gasteiger partial charge in [-0.3, -0.25) is 4.79 Å². The standard InChI is InChI=1S/C13H8BrNO3/c14-12-6-5-8(17-12)7-11-13(16)15-9-3-1-2-4-10(9)18-11/h1-7H,(H,15,16)/b11-7-. The van der Waals surface area contributed by atoms with Crippen LogP contribution in [0.4, 0.5) is 5.69 Å². The van der Waals surface area contributed by atoms with E-state index in [0.29, 0.717) is 21.9 Å². The van der Waals surface area contributed by atoms with Gasteiger partial charge in [0.1, 0.15) is 5.76 Å². The summed E-state index contributed by atoms with van der Waals surface area (Å²) in [6.45, 7) is 0. The molecule has 1 amide bonds. The van der Waals surface area contributed by atoms with Crippen LogP contribution in [0.1, 0.15) is 5.76 Å². The second kappa shape index (κ2) is 4.34. The van der Waals surface area contributed by atoms with Gasteiger partial charge in [0.2, 0.25) is 0 Å². The van der Waals surface area contributed by atoms with Crippen LogP contribution < -0.4 is 10.1 Å². The summed E-state index contributed by atoms with van der Waals surface area (Å²) in [5.74, 6) is 1.08. The molecular weight excluding hydrogens is 298 g/mol. The fourth-order valence-corrected chi connectivity index (χ4v) is 1.96. The van der Waals surface area contributed by atoms with Crippen molar-refractivity contribution >= 4 is 33.6 Å². The SMILES string of the molecule is O=C1Nc2ccccc2O/C1=C\c1ccc(Br)o1. The molecule has 4 nitrogen and oxygen atoms in total. The molecule has 0 radical (unpaired) electrons. The number of carbonyl (C=O) groups is 1. The highest BCUT2D eigenvalue weighted by Gasteiger charge is 2.21. The second-order valence-electron chi connectivity index (χ2n) is 3.70. The number of furan rings is 1. The van der Waals surface area contributed by atoms with E-state index in [-0.39, 0.29) is 11.7 Å². The van der Waals surface area contributed by atoms with Crippen LogP contribution in [0.5, 0.6) is 5.75 Å². The van der Waals surface area contributed by atoms with E-state index in [1.165, 1.54) is 0 Å². The van der Waals surface area contributed by atoms with Gasteiger partial charge >= 0.3 is 0 Å². The van der Waals surface area contributed by atoms with E-state index in [2.05, 4.69) is 21.2 Å². The molecule has 2 aromatic rings. The summed E-state index contributed by atoms with van der Waals surface area (Å²) in [7, 11) is 0. The molecule has 2 heterocycles. The minimum absolute atomic E-state index is 0.204. The highest BCUT2D eigenvalue weighted by atomic mass is 79.9. The first-order valence-corrected chi connectivity index (χ1v) is 6.07. The molecule has 0 spiro atoms. The zero-order valence-electron chi connectivity index (χ0n) is 9.14. The van der Waals surface area contributed by atoms with Gasteiger partial charge in [0.25, 0.3) is 5.91 Å². The minimum atomic E-state index is -0.291. The summed E-state index contributed by atoms with van der Waals surface area (Å²) in [5, 5.41) is 2.75. The fourth-order valence-electron chi connectivity index (χ4n) is 1.64. The highest BCUT2D eigenvalue weighted by Crippen LogP contribution is 2.31. The molecule has 0 bridgehead atoms. The number of halogens is 1.